The highest BCUT2D eigenvalue weighted by Crippen LogP contribution is 2.32. The summed E-state index contributed by atoms with van der Waals surface area (Å²) in [5, 5.41) is 2.10. The highest BCUT2D eigenvalue weighted by atomic mass is 79.9. The molecule has 1 aromatic carbocycles. The van der Waals surface area contributed by atoms with Gasteiger partial charge in [-0.1, -0.05) is 12.1 Å². The predicted octanol–water partition coefficient (Wildman–Crippen LogP) is 4.09. The van der Waals surface area contributed by atoms with Crippen molar-refractivity contribution in [2.24, 2.45) is 0 Å². The lowest BCUT2D eigenvalue weighted by Crippen LogP contribution is -2.31. The van der Waals surface area contributed by atoms with E-state index in [9.17, 15) is 4.39 Å². The average Bonchev–Trinajstić information content (AvgIpc) is 2.55. The number of hydrogen-bond donors (Lipinski definition) is 0. The molecule has 110 valence electrons. The third kappa shape index (κ3) is 2.16. The minimum absolute atomic E-state index is 0.104. The molecule has 4 rings (SSSR count). The number of aromatic nitrogens is 2. The number of rotatable bonds is 1. The average molecular weight is 358 g/mol. The fourth-order valence-corrected chi connectivity index (χ4v) is 3.48. The summed E-state index contributed by atoms with van der Waals surface area (Å²) < 4.78 is 14.8. The Kier molecular flexibility index (Phi) is 3.30. The molecule has 1 aliphatic heterocycles. The smallest absolute Gasteiger partial charge is 0.138 e. The van der Waals surface area contributed by atoms with Gasteiger partial charge in [0.15, 0.2) is 0 Å². The van der Waals surface area contributed by atoms with Crippen molar-refractivity contribution in [1.82, 2.24) is 9.97 Å². The molecule has 3 nitrogen and oxygen atoms in total. The zero-order chi connectivity index (χ0) is 15.1. The molecule has 0 saturated heterocycles. The molecule has 3 heterocycles. The van der Waals surface area contributed by atoms with E-state index in [1.807, 2.05) is 24.5 Å². The van der Waals surface area contributed by atoms with E-state index in [1.165, 1.54) is 6.07 Å². The molecule has 1 aliphatic rings. The highest BCUT2D eigenvalue weighted by molar-refractivity contribution is 9.10. The molecule has 0 fully saturated rings. The van der Waals surface area contributed by atoms with Crippen LogP contribution in [0.1, 0.15) is 11.1 Å². The minimum atomic E-state index is -0.104. The van der Waals surface area contributed by atoms with Crippen LogP contribution in [0.5, 0.6) is 0 Å². The fraction of sp³-hybridized carbons (Fsp3) is 0.176. The van der Waals surface area contributed by atoms with Crippen molar-refractivity contribution in [3.05, 3.63) is 64.3 Å². The molecule has 0 saturated carbocycles. The third-order valence-electron chi connectivity index (χ3n) is 4.13. The van der Waals surface area contributed by atoms with Crippen molar-refractivity contribution in [3.8, 4) is 0 Å². The van der Waals surface area contributed by atoms with E-state index in [-0.39, 0.29) is 5.82 Å². The van der Waals surface area contributed by atoms with Gasteiger partial charge < -0.3 is 4.90 Å². The van der Waals surface area contributed by atoms with Crippen LogP contribution in [-0.4, -0.2) is 16.5 Å². The quantitative estimate of drug-likeness (QED) is 0.656. The Morgan fingerprint density at radius 2 is 2.05 bits per heavy atom. The van der Waals surface area contributed by atoms with Gasteiger partial charge in [0.2, 0.25) is 0 Å². The molecular weight excluding hydrogens is 345 g/mol. The van der Waals surface area contributed by atoms with Crippen LogP contribution >= 0.6 is 15.9 Å². The Balaban J connectivity index is 1.80. The number of fused-ring (bicyclic) bond motifs is 2. The SMILES string of the molecule is Fc1cccc2c1CCN(c1ncc(Br)c3ccncc13)C2. The van der Waals surface area contributed by atoms with Gasteiger partial charge in [-0.2, -0.15) is 0 Å². The van der Waals surface area contributed by atoms with Gasteiger partial charge in [-0.25, -0.2) is 9.37 Å². The van der Waals surface area contributed by atoms with E-state index in [2.05, 4.69) is 30.8 Å². The fourth-order valence-electron chi connectivity index (χ4n) is 3.03. The van der Waals surface area contributed by atoms with E-state index in [0.29, 0.717) is 13.0 Å². The lowest BCUT2D eigenvalue weighted by molar-refractivity contribution is 0.589. The van der Waals surface area contributed by atoms with Gasteiger partial charge in [0.1, 0.15) is 11.6 Å². The summed E-state index contributed by atoms with van der Waals surface area (Å²) in [6.07, 6.45) is 6.13. The van der Waals surface area contributed by atoms with Gasteiger partial charge in [0, 0.05) is 46.9 Å². The normalized spacial score (nSPS) is 14.2. The van der Waals surface area contributed by atoms with Gasteiger partial charge in [-0.3, -0.25) is 4.98 Å². The second-order valence-electron chi connectivity index (χ2n) is 5.40. The standard InChI is InChI=1S/C17H13BrFN3/c18-15-9-21-17(14-8-20-6-4-13(14)15)22-7-5-12-11(10-22)2-1-3-16(12)19/h1-4,6,8-9H,5,7,10H2. The van der Waals surface area contributed by atoms with Crippen molar-refractivity contribution in [2.75, 3.05) is 11.4 Å². The monoisotopic (exact) mass is 357 g/mol. The molecule has 2 aromatic heterocycles. The van der Waals surface area contributed by atoms with Gasteiger partial charge >= 0.3 is 0 Å². The first-order valence-electron chi connectivity index (χ1n) is 7.13. The van der Waals surface area contributed by atoms with Gasteiger partial charge in [0.25, 0.3) is 0 Å². The zero-order valence-electron chi connectivity index (χ0n) is 11.8. The molecule has 0 N–H and O–H groups in total. The van der Waals surface area contributed by atoms with E-state index < -0.39 is 0 Å². The highest BCUT2D eigenvalue weighted by Gasteiger charge is 2.21. The Hall–Kier alpha value is -2.01. The first-order valence-corrected chi connectivity index (χ1v) is 7.93. The lowest BCUT2D eigenvalue weighted by atomic mass is 9.99. The summed E-state index contributed by atoms with van der Waals surface area (Å²) in [5.74, 6) is 0.800. The molecule has 3 aromatic rings. The molecule has 0 radical (unpaired) electrons. The number of nitrogens with zero attached hydrogens (tertiary/aromatic N) is 3. The van der Waals surface area contributed by atoms with Gasteiger partial charge in [-0.15, -0.1) is 0 Å². The van der Waals surface area contributed by atoms with Crippen LogP contribution in [0.3, 0.4) is 0 Å². The van der Waals surface area contributed by atoms with Crippen LogP contribution in [0, 0.1) is 5.82 Å². The first kappa shape index (κ1) is 13.6. The van der Waals surface area contributed by atoms with E-state index in [4.69, 9.17) is 0 Å². The van der Waals surface area contributed by atoms with Crippen LogP contribution in [0.25, 0.3) is 10.8 Å². The maximum absolute atomic E-state index is 13.9. The summed E-state index contributed by atoms with van der Waals surface area (Å²) in [6, 6.07) is 7.27. The Labute approximate surface area is 135 Å². The third-order valence-corrected chi connectivity index (χ3v) is 4.76. The zero-order valence-corrected chi connectivity index (χ0v) is 13.3. The van der Waals surface area contributed by atoms with Crippen LogP contribution in [0.2, 0.25) is 0 Å². The van der Waals surface area contributed by atoms with Crippen molar-refractivity contribution >= 4 is 32.5 Å². The molecule has 0 unspecified atom stereocenters. The molecule has 0 atom stereocenters. The first-order chi connectivity index (χ1) is 10.7. The topological polar surface area (TPSA) is 29.0 Å². The molecule has 0 amide bonds. The van der Waals surface area contributed by atoms with Crippen molar-refractivity contribution in [1.29, 1.82) is 0 Å². The lowest BCUT2D eigenvalue weighted by Gasteiger charge is -2.30. The molecular formula is C17H13BrFN3. The summed E-state index contributed by atoms with van der Waals surface area (Å²) in [6.45, 7) is 1.43. The largest absolute Gasteiger partial charge is 0.351 e. The number of anilines is 1. The van der Waals surface area contributed by atoms with Gasteiger partial charge in [-0.05, 0) is 45.6 Å². The van der Waals surface area contributed by atoms with Crippen LogP contribution < -0.4 is 4.90 Å². The van der Waals surface area contributed by atoms with E-state index in [0.717, 1.165) is 38.7 Å². The van der Waals surface area contributed by atoms with E-state index in [1.54, 1.807) is 12.3 Å². The van der Waals surface area contributed by atoms with Crippen LogP contribution in [-0.2, 0) is 13.0 Å². The Morgan fingerprint density at radius 1 is 1.14 bits per heavy atom. The summed E-state index contributed by atoms with van der Waals surface area (Å²) in [5.41, 5.74) is 1.87. The van der Waals surface area contributed by atoms with Crippen LogP contribution in [0.4, 0.5) is 10.2 Å². The summed E-state index contributed by atoms with van der Waals surface area (Å²) >= 11 is 3.53. The molecule has 0 bridgehead atoms. The Bertz CT molecular complexity index is 866. The van der Waals surface area contributed by atoms with Crippen molar-refractivity contribution < 1.29 is 4.39 Å². The maximum atomic E-state index is 13.9. The number of hydrogen-bond acceptors (Lipinski definition) is 3. The van der Waals surface area contributed by atoms with Crippen LogP contribution in [0.15, 0.2) is 47.3 Å². The molecule has 22 heavy (non-hydrogen) atoms. The summed E-state index contributed by atoms with van der Waals surface area (Å²) in [7, 11) is 0. The minimum Gasteiger partial charge on any atom is -0.351 e. The second kappa shape index (κ2) is 5.32. The molecule has 0 aliphatic carbocycles. The van der Waals surface area contributed by atoms with E-state index >= 15 is 0 Å². The maximum Gasteiger partial charge on any atom is 0.138 e. The Morgan fingerprint density at radius 3 is 2.95 bits per heavy atom. The van der Waals surface area contributed by atoms with Crippen molar-refractivity contribution in [2.45, 2.75) is 13.0 Å². The number of halogens is 2. The summed E-state index contributed by atoms with van der Waals surface area (Å²) in [4.78, 5) is 11.0. The molecule has 0 spiro atoms. The van der Waals surface area contributed by atoms with Gasteiger partial charge in [0.05, 0.1) is 0 Å². The number of pyridine rings is 2. The predicted molar refractivity (Wildman–Crippen MR) is 88.4 cm³/mol. The molecule has 5 heteroatoms. The van der Waals surface area contributed by atoms with Crippen molar-refractivity contribution in [3.63, 3.8) is 0 Å². The number of benzene rings is 1. The second-order valence-corrected chi connectivity index (χ2v) is 6.25.